The van der Waals surface area contributed by atoms with Crippen LogP contribution in [0.25, 0.3) is 0 Å². The van der Waals surface area contributed by atoms with Crippen molar-refractivity contribution >= 4 is 19.8 Å². The van der Waals surface area contributed by atoms with Gasteiger partial charge in [0.15, 0.2) is 6.10 Å². The molecule has 0 saturated heterocycles. The van der Waals surface area contributed by atoms with Gasteiger partial charge in [-0.15, -0.1) is 0 Å². The molecule has 10 heteroatoms. The van der Waals surface area contributed by atoms with Crippen LogP contribution in [0.2, 0.25) is 0 Å². The highest BCUT2D eigenvalue weighted by atomic mass is 31.2. The Hall–Kier alpha value is -2.29. The van der Waals surface area contributed by atoms with Gasteiger partial charge in [-0.1, -0.05) is 139 Å². The molecule has 2 unspecified atom stereocenters. The van der Waals surface area contributed by atoms with Crippen molar-refractivity contribution < 1.29 is 37.6 Å². The Morgan fingerprint density at radius 2 is 1.06 bits per heavy atom. The quantitative estimate of drug-likeness (QED) is 0.0272. The normalized spacial score (nSPS) is 13.9. The fourth-order valence-corrected chi connectivity index (χ4v) is 6.17. The first-order valence-electron chi connectivity index (χ1n) is 21.2. The average molecular weight is 780 g/mol. The lowest BCUT2D eigenvalue weighted by molar-refractivity contribution is -0.161. The lowest BCUT2D eigenvalue weighted by Gasteiger charge is -2.20. The number of nitrogens with one attached hydrogen (secondary N) is 1. The molecule has 0 aromatic rings. The number of carbonyl (C=O) groups is 2. The summed E-state index contributed by atoms with van der Waals surface area (Å²) >= 11 is 0. The van der Waals surface area contributed by atoms with Gasteiger partial charge < -0.3 is 19.7 Å². The molecule has 0 spiro atoms. The van der Waals surface area contributed by atoms with Gasteiger partial charge in [0.1, 0.15) is 6.61 Å². The molecule has 0 aliphatic rings. The van der Waals surface area contributed by atoms with Crippen LogP contribution in [0, 0.1) is 0 Å². The van der Waals surface area contributed by atoms with Gasteiger partial charge in [-0.25, -0.2) is 4.57 Å². The minimum Gasteiger partial charge on any atom is -0.462 e. The summed E-state index contributed by atoms with van der Waals surface area (Å²) in [4.78, 5) is 35.0. The van der Waals surface area contributed by atoms with E-state index in [0.29, 0.717) is 19.4 Å². The molecule has 54 heavy (non-hydrogen) atoms. The number of esters is 2. The minimum absolute atomic E-state index is 0.0268. The molecule has 9 nitrogen and oxygen atoms in total. The second kappa shape index (κ2) is 40.4. The number of allylic oxidation sites excluding steroid dienone is 10. The third-order valence-electron chi connectivity index (χ3n) is 8.62. The first-order chi connectivity index (χ1) is 26.3. The topological polar surface area (TPSA) is 120 Å². The van der Waals surface area contributed by atoms with Gasteiger partial charge in [0.25, 0.3) is 0 Å². The number of phosphoric acid groups is 1. The number of likely N-dealkylation sites (N-methyl/N-ethyl adjacent to an activating group) is 1. The van der Waals surface area contributed by atoms with E-state index in [4.69, 9.17) is 18.5 Å². The number of unbranched alkanes of at least 4 members (excludes halogenated alkanes) is 15. The summed E-state index contributed by atoms with van der Waals surface area (Å²) in [7, 11) is -2.67. The van der Waals surface area contributed by atoms with E-state index in [0.717, 1.165) is 64.2 Å². The monoisotopic (exact) mass is 780 g/mol. The summed E-state index contributed by atoms with van der Waals surface area (Å²) in [5.41, 5.74) is 0. The average Bonchev–Trinajstić information content (AvgIpc) is 3.15. The number of hydrogen-bond donors (Lipinski definition) is 2. The number of hydrogen-bond acceptors (Lipinski definition) is 8. The highest BCUT2D eigenvalue weighted by Gasteiger charge is 2.26. The first kappa shape index (κ1) is 51.7. The molecule has 0 fully saturated rings. The van der Waals surface area contributed by atoms with Crippen LogP contribution in [0.15, 0.2) is 60.8 Å². The zero-order chi connectivity index (χ0) is 39.6. The second-order valence-corrected chi connectivity index (χ2v) is 15.2. The predicted octanol–water partition coefficient (Wildman–Crippen LogP) is 12.0. The lowest BCUT2D eigenvalue weighted by Crippen LogP contribution is -2.29. The molecular formula is C44H78NO8P. The van der Waals surface area contributed by atoms with Crippen LogP contribution in [0.1, 0.15) is 168 Å². The van der Waals surface area contributed by atoms with Crippen LogP contribution < -0.4 is 5.32 Å². The van der Waals surface area contributed by atoms with Crippen molar-refractivity contribution in [3.8, 4) is 0 Å². The fraction of sp³-hybridized carbons (Fsp3) is 0.727. The van der Waals surface area contributed by atoms with E-state index in [1.54, 1.807) is 7.05 Å². The van der Waals surface area contributed by atoms with Crippen LogP contribution in [-0.4, -0.2) is 56.3 Å². The maximum Gasteiger partial charge on any atom is 0.472 e. The molecule has 0 radical (unpaired) electrons. The van der Waals surface area contributed by atoms with Gasteiger partial charge >= 0.3 is 19.8 Å². The Balaban J connectivity index is 4.31. The van der Waals surface area contributed by atoms with Crippen LogP contribution in [0.3, 0.4) is 0 Å². The number of rotatable bonds is 39. The van der Waals surface area contributed by atoms with Gasteiger partial charge in [0.05, 0.1) is 13.2 Å². The van der Waals surface area contributed by atoms with E-state index >= 15 is 0 Å². The molecule has 2 N–H and O–H groups in total. The molecule has 0 amide bonds. The summed E-state index contributed by atoms with van der Waals surface area (Å²) in [6.45, 7) is 4.04. The van der Waals surface area contributed by atoms with E-state index < -0.39 is 32.5 Å². The molecule has 0 aromatic heterocycles. The maximum absolute atomic E-state index is 12.6. The van der Waals surface area contributed by atoms with E-state index in [9.17, 15) is 19.0 Å². The van der Waals surface area contributed by atoms with Gasteiger partial charge in [0, 0.05) is 19.4 Å². The van der Waals surface area contributed by atoms with Crippen molar-refractivity contribution in [1.29, 1.82) is 0 Å². The smallest absolute Gasteiger partial charge is 0.462 e. The zero-order valence-electron chi connectivity index (χ0n) is 34.4. The van der Waals surface area contributed by atoms with E-state index in [-0.39, 0.29) is 26.1 Å². The Morgan fingerprint density at radius 3 is 1.63 bits per heavy atom. The minimum atomic E-state index is -4.36. The van der Waals surface area contributed by atoms with Crippen molar-refractivity contribution in [1.82, 2.24) is 5.32 Å². The Labute approximate surface area is 330 Å². The number of ether oxygens (including phenoxy) is 2. The number of phosphoric ester groups is 1. The van der Waals surface area contributed by atoms with Crippen molar-refractivity contribution in [3.63, 3.8) is 0 Å². The molecule has 0 saturated carbocycles. The maximum atomic E-state index is 12.6. The third-order valence-corrected chi connectivity index (χ3v) is 9.61. The summed E-state index contributed by atoms with van der Waals surface area (Å²) < 4.78 is 33.1. The van der Waals surface area contributed by atoms with E-state index in [2.05, 4.69) is 79.9 Å². The fourth-order valence-electron chi connectivity index (χ4n) is 5.42. The third kappa shape index (κ3) is 39.4. The molecule has 0 heterocycles. The van der Waals surface area contributed by atoms with Crippen molar-refractivity contribution in [2.75, 3.05) is 33.4 Å². The van der Waals surface area contributed by atoms with Gasteiger partial charge in [-0.05, 0) is 84.1 Å². The van der Waals surface area contributed by atoms with Crippen molar-refractivity contribution in [3.05, 3.63) is 60.8 Å². The predicted molar refractivity (Wildman–Crippen MR) is 224 cm³/mol. The standard InChI is InChI=1S/C44H78NO8P/c1-4-6-8-10-12-14-16-18-20-21-23-25-27-29-31-33-35-37-44(47)53-42(41-52-54(48,49)51-39-38-45-3)40-50-43(46)36-34-32-30-28-26-24-22-19-17-15-13-11-9-7-5-2/h7,9,13,15,18-20,22,26,28,42,45H,4-6,8,10-12,14,16-17,21,23-25,27,29-41H2,1-3H3,(H,48,49)/b9-7-,15-13-,20-18-,22-19-,28-26-. The van der Waals surface area contributed by atoms with Crippen LogP contribution in [0.4, 0.5) is 0 Å². The van der Waals surface area contributed by atoms with Crippen LogP contribution in [-0.2, 0) is 32.7 Å². The highest BCUT2D eigenvalue weighted by Crippen LogP contribution is 2.43. The molecule has 312 valence electrons. The molecule has 2 atom stereocenters. The van der Waals surface area contributed by atoms with Crippen molar-refractivity contribution in [2.45, 2.75) is 174 Å². The van der Waals surface area contributed by atoms with Gasteiger partial charge in [-0.3, -0.25) is 18.6 Å². The van der Waals surface area contributed by atoms with E-state index in [1.165, 1.54) is 64.2 Å². The summed E-state index contributed by atoms with van der Waals surface area (Å²) in [5, 5.41) is 2.82. The molecule has 0 rings (SSSR count). The first-order valence-corrected chi connectivity index (χ1v) is 22.7. The van der Waals surface area contributed by atoms with Crippen molar-refractivity contribution in [2.24, 2.45) is 0 Å². The molecule has 0 bridgehead atoms. The molecular weight excluding hydrogens is 701 g/mol. The van der Waals surface area contributed by atoms with Gasteiger partial charge in [0.2, 0.25) is 0 Å². The van der Waals surface area contributed by atoms with Crippen LogP contribution >= 0.6 is 7.82 Å². The summed E-state index contributed by atoms with van der Waals surface area (Å²) in [6.07, 6.45) is 45.5. The SMILES string of the molecule is CC/C=C\C/C=C\C/C=C\C/C=C\CCCCC(=O)OCC(COP(=O)(O)OCCNC)OC(=O)CCCCCCCCC/C=C\CCCCCCCC. The zero-order valence-corrected chi connectivity index (χ0v) is 35.3. The molecule has 0 aromatic carbocycles. The summed E-state index contributed by atoms with van der Waals surface area (Å²) in [6, 6.07) is 0. The van der Waals surface area contributed by atoms with Crippen LogP contribution in [0.5, 0.6) is 0 Å². The molecule has 0 aliphatic heterocycles. The molecule has 0 aliphatic carbocycles. The Bertz CT molecular complexity index is 1070. The number of carbonyl (C=O) groups excluding carboxylic acids is 2. The highest BCUT2D eigenvalue weighted by molar-refractivity contribution is 7.47. The van der Waals surface area contributed by atoms with E-state index in [1.807, 2.05) is 0 Å². The second-order valence-electron chi connectivity index (χ2n) is 13.8. The van der Waals surface area contributed by atoms with Gasteiger partial charge in [-0.2, -0.15) is 0 Å². The Kier molecular flexibility index (Phi) is 38.7. The summed E-state index contributed by atoms with van der Waals surface area (Å²) in [5.74, 6) is -0.864. The largest absolute Gasteiger partial charge is 0.472 e. The Morgan fingerprint density at radius 1 is 0.593 bits per heavy atom. The lowest BCUT2D eigenvalue weighted by atomic mass is 10.1.